The third kappa shape index (κ3) is 6.54. The Balaban J connectivity index is 2.23. The van der Waals surface area contributed by atoms with Gasteiger partial charge >= 0.3 is 0 Å². The highest BCUT2D eigenvalue weighted by Gasteiger charge is 2.09. The van der Waals surface area contributed by atoms with E-state index in [1.807, 2.05) is 18.2 Å². The van der Waals surface area contributed by atoms with Gasteiger partial charge in [0.1, 0.15) is 6.42 Å². The Morgan fingerprint density at radius 2 is 1.90 bits per heavy atom. The molecule has 0 saturated carbocycles. The summed E-state index contributed by atoms with van der Waals surface area (Å²) in [6.07, 6.45) is 0.543. The maximum atomic E-state index is 11.6. The first-order valence-electron chi connectivity index (χ1n) is 6.39. The molecule has 0 atom stereocenters. The number of carbonyl (C=O) groups excluding carboxylic acids is 2. The predicted molar refractivity (Wildman–Crippen MR) is 77.4 cm³/mol. The minimum Gasteiger partial charge on any atom is -0.385 e. The van der Waals surface area contributed by atoms with E-state index in [2.05, 4.69) is 10.6 Å². The number of hydrogen-bond acceptors (Lipinski definition) is 3. The standard InChI is InChI=1S/C14H19ClN2O3/c1-20-8-4-7-16-13(18)9-14(19)17-10-11-5-2-3-6-12(11)15/h2-3,5-6H,4,7-10H2,1H3,(H,16,18)(H,17,19). The molecule has 0 spiro atoms. The summed E-state index contributed by atoms with van der Waals surface area (Å²) in [6.45, 7) is 1.40. The highest BCUT2D eigenvalue weighted by Crippen LogP contribution is 2.14. The van der Waals surface area contributed by atoms with Gasteiger partial charge < -0.3 is 15.4 Å². The lowest BCUT2D eigenvalue weighted by Crippen LogP contribution is -2.32. The maximum absolute atomic E-state index is 11.6. The van der Waals surface area contributed by atoms with E-state index >= 15 is 0 Å². The Hall–Kier alpha value is -1.59. The zero-order valence-electron chi connectivity index (χ0n) is 11.4. The first kappa shape index (κ1) is 16.5. The van der Waals surface area contributed by atoms with Crippen LogP contribution in [-0.2, 0) is 20.9 Å². The molecule has 110 valence electrons. The molecule has 0 bridgehead atoms. The van der Waals surface area contributed by atoms with E-state index < -0.39 is 0 Å². The summed E-state index contributed by atoms with van der Waals surface area (Å²) in [5.74, 6) is -0.619. The second kappa shape index (κ2) is 9.34. The summed E-state index contributed by atoms with van der Waals surface area (Å²) in [5.41, 5.74) is 0.822. The zero-order chi connectivity index (χ0) is 14.8. The fourth-order valence-electron chi connectivity index (χ4n) is 1.55. The van der Waals surface area contributed by atoms with Gasteiger partial charge in [0.15, 0.2) is 0 Å². The van der Waals surface area contributed by atoms with Crippen LogP contribution < -0.4 is 10.6 Å². The Kier molecular flexibility index (Phi) is 7.69. The van der Waals surface area contributed by atoms with E-state index in [9.17, 15) is 9.59 Å². The molecular weight excluding hydrogens is 280 g/mol. The lowest BCUT2D eigenvalue weighted by Gasteiger charge is -2.07. The molecule has 0 aromatic heterocycles. The van der Waals surface area contributed by atoms with Crippen LogP contribution >= 0.6 is 11.6 Å². The smallest absolute Gasteiger partial charge is 0.229 e. The van der Waals surface area contributed by atoms with E-state index in [1.165, 1.54) is 0 Å². The van der Waals surface area contributed by atoms with Gasteiger partial charge in [0.05, 0.1) is 0 Å². The van der Waals surface area contributed by atoms with Crippen LogP contribution in [0.2, 0.25) is 5.02 Å². The van der Waals surface area contributed by atoms with Crippen LogP contribution in [0.3, 0.4) is 0 Å². The van der Waals surface area contributed by atoms with Gasteiger partial charge in [-0.2, -0.15) is 0 Å². The molecule has 20 heavy (non-hydrogen) atoms. The van der Waals surface area contributed by atoms with Crippen LogP contribution in [0.4, 0.5) is 0 Å². The maximum Gasteiger partial charge on any atom is 0.229 e. The highest BCUT2D eigenvalue weighted by molar-refractivity contribution is 6.31. The lowest BCUT2D eigenvalue weighted by atomic mass is 10.2. The third-order valence-electron chi connectivity index (χ3n) is 2.60. The number of nitrogens with one attached hydrogen (secondary N) is 2. The number of methoxy groups -OCH3 is 1. The number of benzene rings is 1. The van der Waals surface area contributed by atoms with Crippen LogP contribution in [0, 0.1) is 0 Å². The van der Waals surface area contributed by atoms with Gasteiger partial charge in [-0.3, -0.25) is 9.59 Å². The Morgan fingerprint density at radius 3 is 2.60 bits per heavy atom. The first-order valence-corrected chi connectivity index (χ1v) is 6.77. The molecule has 0 aliphatic carbocycles. The Labute approximate surface area is 123 Å². The van der Waals surface area contributed by atoms with E-state index in [0.717, 1.165) is 12.0 Å². The average molecular weight is 299 g/mol. The minimum absolute atomic E-state index is 0.183. The number of ether oxygens (including phenoxy) is 1. The number of rotatable bonds is 8. The molecule has 1 rings (SSSR count). The first-order chi connectivity index (χ1) is 9.63. The molecule has 1 aromatic carbocycles. The molecule has 0 saturated heterocycles. The van der Waals surface area contributed by atoms with Crippen molar-refractivity contribution in [3.8, 4) is 0 Å². The van der Waals surface area contributed by atoms with Crippen LogP contribution in [0.5, 0.6) is 0 Å². The van der Waals surface area contributed by atoms with Crippen LogP contribution in [0.25, 0.3) is 0 Å². The Bertz CT molecular complexity index is 452. The Morgan fingerprint density at radius 1 is 1.20 bits per heavy atom. The number of hydrogen-bond donors (Lipinski definition) is 2. The summed E-state index contributed by atoms with van der Waals surface area (Å²) in [4.78, 5) is 23.0. The SMILES string of the molecule is COCCCNC(=O)CC(=O)NCc1ccccc1Cl. The second-order valence-electron chi connectivity index (χ2n) is 4.24. The molecule has 0 aliphatic rings. The molecule has 1 aromatic rings. The quantitative estimate of drug-likeness (QED) is 0.564. The van der Waals surface area contributed by atoms with Gasteiger partial charge in [0, 0.05) is 31.8 Å². The number of halogens is 1. The molecule has 2 amide bonds. The monoisotopic (exact) mass is 298 g/mol. The molecule has 0 radical (unpaired) electrons. The largest absolute Gasteiger partial charge is 0.385 e. The highest BCUT2D eigenvalue weighted by atomic mass is 35.5. The normalized spacial score (nSPS) is 10.1. The van der Waals surface area contributed by atoms with Crippen molar-refractivity contribution >= 4 is 23.4 Å². The predicted octanol–water partition coefficient (Wildman–Crippen LogP) is 1.50. The summed E-state index contributed by atoms with van der Waals surface area (Å²) in [6, 6.07) is 7.25. The minimum atomic E-state index is -0.325. The molecule has 0 heterocycles. The van der Waals surface area contributed by atoms with Gasteiger partial charge in [-0.25, -0.2) is 0 Å². The van der Waals surface area contributed by atoms with Crippen molar-refractivity contribution in [1.82, 2.24) is 10.6 Å². The van der Waals surface area contributed by atoms with Crippen LogP contribution in [0.1, 0.15) is 18.4 Å². The molecular formula is C14H19ClN2O3. The summed E-state index contributed by atoms with van der Waals surface area (Å²) < 4.78 is 4.86. The molecule has 2 N–H and O–H groups in total. The molecule has 5 nitrogen and oxygen atoms in total. The van der Waals surface area contributed by atoms with Crippen molar-refractivity contribution < 1.29 is 14.3 Å². The number of carbonyl (C=O) groups is 2. The van der Waals surface area contributed by atoms with E-state index in [1.54, 1.807) is 13.2 Å². The van der Waals surface area contributed by atoms with Gasteiger partial charge in [-0.1, -0.05) is 29.8 Å². The van der Waals surface area contributed by atoms with Gasteiger partial charge in [-0.15, -0.1) is 0 Å². The van der Waals surface area contributed by atoms with Gasteiger partial charge in [0.2, 0.25) is 11.8 Å². The zero-order valence-corrected chi connectivity index (χ0v) is 12.2. The topological polar surface area (TPSA) is 67.4 Å². The summed E-state index contributed by atoms with van der Waals surface area (Å²) in [7, 11) is 1.60. The van der Waals surface area contributed by atoms with Gasteiger partial charge in [-0.05, 0) is 18.1 Å². The number of amides is 2. The van der Waals surface area contributed by atoms with E-state index in [4.69, 9.17) is 16.3 Å². The second-order valence-corrected chi connectivity index (χ2v) is 4.65. The van der Waals surface area contributed by atoms with E-state index in [-0.39, 0.29) is 18.2 Å². The van der Waals surface area contributed by atoms with Crippen molar-refractivity contribution in [1.29, 1.82) is 0 Å². The van der Waals surface area contributed by atoms with Crippen molar-refractivity contribution in [2.45, 2.75) is 19.4 Å². The molecule has 0 unspecified atom stereocenters. The average Bonchev–Trinajstić information content (AvgIpc) is 2.43. The molecule has 0 fully saturated rings. The van der Waals surface area contributed by atoms with E-state index in [0.29, 0.717) is 24.7 Å². The molecule has 6 heteroatoms. The van der Waals surface area contributed by atoms with Crippen molar-refractivity contribution in [3.63, 3.8) is 0 Å². The summed E-state index contributed by atoms with van der Waals surface area (Å²) >= 11 is 5.97. The lowest BCUT2D eigenvalue weighted by molar-refractivity contribution is -0.129. The van der Waals surface area contributed by atoms with Crippen molar-refractivity contribution in [2.24, 2.45) is 0 Å². The summed E-state index contributed by atoms with van der Waals surface area (Å²) in [5, 5.41) is 5.91. The van der Waals surface area contributed by atoms with Crippen molar-refractivity contribution in [3.05, 3.63) is 34.9 Å². The third-order valence-corrected chi connectivity index (χ3v) is 2.97. The fraction of sp³-hybridized carbons (Fsp3) is 0.429. The van der Waals surface area contributed by atoms with Crippen LogP contribution in [-0.4, -0.2) is 32.1 Å². The van der Waals surface area contributed by atoms with Crippen LogP contribution in [0.15, 0.2) is 24.3 Å². The van der Waals surface area contributed by atoms with Crippen molar-refractivity contribution in [2.75, 3.05) is 20.3 Å². The fourth-order valence-corrected chi connectivity index (χ4v) is 1.75. The van der Waals surface area contributed by atoms with Gasteiger partial charge in [0.25, 0.3) is 0 Å². The molecule has 0 aliphatic heterocycles.